The third-order valence-corrected chi connectivity index (χ3v) is 5.05. The van der Waals surface area contributed by atoms with E-state index in [1.165, 1.54) is 49.3 Å². The highest BCUT2D eigenvalue weighted by Crippen LogP contribution is 2.09. The van der Waals surface area contributed by atoms with Crippen LogP contribution in [0.15, 0.2) is 23.2 Å². The molecule has 0 aliphatic carbocycles. The third-order valence-electron chi connectivity index (χ3n) is 5.05. The molecule has 1 aromatic carbocycles. The van der Waals surface area contributed by atoms with Gasteiger partial charge in [0, 0.05) is 32.7 Å². The average molecular weight is 374 g/mol. The van der Waals surface area contributed by atoms with Gasteiger partial charge in [0.25, 0.3) is 0 Å². The summed E-state index contributed by atoms with van der Waals surface area (Å²) in [5.74, 6) is 0.942. The first kappa shape index (κ1) is 21.7. The van der Waals surface area contributed by atoms with Gasteiger partial charge >= 0.3 is 0 Å². The van der Waals surface area contributed by atoms with Gasteiger partial charge in [0.1, 0.15) is 0 Å². The van der Waals surface area contributed by atoms with Gasteiger partial charge in [-0.3, -0.25) is 4.99 Å². The predicted octanol–water partition coefficient (Wildman–Crippen LogP) is 2.43. The molecular formula is C22H39N5. The zero-order chi connectivity index (χ0) is 19.5. The molecule has 0 saturated carbocycles. The molecule has 152 valence electrons. The van der Waals surface area contributed by atoms with Crippen molar-refractivity contribution in [3.05, 3.63) is 34.9 Å². The molecule has 2 N–H and O–H groups in total. The number of likely N-dealkylation sites (N-methyl/N-ethyl adjacent to an activating group) is 1. The highest BCUT2D eigenvalue weighted by Gasteiger charge is 2.11. The number of aryl methyl sites for hydroxylation is 2. The number of guanidine groups is 1. The van der Waals surface area contributed by atoms with Crippen molar-refractivity contribution in [2.24, 2.45) is 4.99 Å². The summed E-state index contributed by atoms with van der Waals surface area (Å²) >= 11 is 0. The smallest absolute Gasteiger partial charge is 0.191 e. The van der Waals surface area contributed by atoms with Gasteiger partial charge in [0.15, 0.2) is 5.96 Å². The summed E-state index contributed by atoms with van der Waals surface area (Å²) in [5.41, 5.74) is 4.07. The number of nitrogens with one attached hydrogen (secondary N) is 2. The zero-order valence-electron chi connectivity index (χ0n) is 17.9. The molecule has 1 saturated heterocycles. The molecule has 27 heavy (non-hydrogen) atoms. The monoisotopic (exact) mass is 373 g/mol. The second-order valence-electron chi connectivity index (χ2n) is 7.79. The fourth-order valence-electron chi connectivity index (χ4n) is 3.69. The molecule has 0 amide bonds. The Labute approximate surface area is 166 Å². The van der Waals surface area contributed by atoms with Crippen LogP contribution in [0.25, 0.3) is 0 Å². The summed E-state index contributed by atoms with van der Waals surface area (Å²) < 4.78 is 0. The average Bonchev–Trinajstić information content (AvgIpc) is 2.82. The second-order valence-corrected chi connectivity index (χ2v) is 7.79. The summed E-state index contributed by atoms with van der Waals surface area (Å²) in [6.45, 7) is 15.1. The van der Waals surface area contributed by atoms with Crippen LogP contribution in [-0.2, 0) is 6.42 Å². The number of hydrogen-bond donors (Lipinski definition) is 2. The van der Waals surface area contributed by atoms with Crippen molar-refractivity contribution in [1.29, 1.82) is 0 Å². The van der Waals surface area contributed by atoms with Crippen molar-refractivity contribution < 1.29 is 0 Å². The Kier molecular flexibility index (Phi) is 9.64. The van der Waals surface area contributed by atoms with Gasteiger partial charge in [-0.15, -0.1) is 0 Å². The SMILES string of the molecule is CCNC(=NCCCN1CCCN(C)CC1)NCCc1cc(C)cc(C)c1. The Balaban J connectivity index is 1.71. The normalized spacial score (nSPS) is 17.0. The molecule has 1 aromatic rings. The highest BCUT2D eigenvalue weighted by molar-refractivity contribution is 5.79. The minimum absolute atomic E-state index is 0.880. The summed E-state index contributed by atoms with van der Waals surface area (Å²) in [5, 5.41) is 6.85. The first-order valence-corrected chi connectivity index (χ1v) is 10.6. The van der Waals surface area contributed by atoms with Crippen LogP contribution in [0.2, 0.25) is 0 Å². The fraction of sp³-hybridized carbons (Fsp3) is 0.682. The number of aliphatic imine (C=N–C) groups is 1. The molecule has 2 rings (SSSR count). The van der Waals surface area contributed by atoms with Crippen LogP contribution in [0.1, 0.15) is 36.5 Å². The molecule has 1 aliphatic heterocycles. The van der Waals surface area contributed by atoms with Crippen LogP contribution in [0.3, 0.4) is 0 Å². The molecule has 0 atom stereocenters. The maximum absolute atomic E-state index is 4.76. The van der Waals surface area contributed by atoms with Gasteiger partial charge in [-0.1, -0.05) is 29.3 Å². The lowest BCUT2D eigenvalue weighted by atomic mass is 10.1. The molecule has 5 heteroatoms. The van der Waals surface area contributed by atoms with E-state index in [-0.39, 0.29) is 0 Å². The predicted molar refractivity (Wildman–Crippen MR) is 117 cm³/mol. The van der Waals surface area contributed by atoms with E-state index >= 15 is 0 Å². The highest BCUT2D eigenvalue weighted by atomic mass is 15.2. The largest absolute Gasteiger partial charge is 0.357 e. The molecule has 0 aromatic heterocycles. The first-order chi connectivity index (χ1) is 13.1. The molecule has 0 unspecified atom stereocenters. The van der Waals surface area contributed by atoms with E-state index < -0.39 is 0 Å². The number of benzene rings is 1. The van der Waals surface area contributed by atoms with Gasteiger partial charge in [-0.2, -0.15) is 0 Å². The van der Waals surface area contributed by atoms with E-state index in [0.717, 1.165) is 45.0 Å². The van der Waals surface area contributed by atoms with Gasteiger partial charge in [0.2, 0.25) is 0 Å². The van der Waals surface area contributed by atoms with Gasteiger partial charge in [-0.05, 0) is 72.3 Å². The summed E-state index contributed by atoms with van der Waals surface area (Å²) in [6, 6.07) is 6.78. The van der Waals surface area contributed by atoms with Gasteiger partial charge in [-0.25, -0.2) is 0 Å². The standard InChI is InChI=1S/C22H39N5/c1-5-23-22(25-10-8-21-17-19(2)16-20(3)18-21)24-9-6-12-27-13-7-11-26(4)14-15-27/h16-18H,5-15H2,1-4H3,(H2,23,24,25). The lowest BCUT2D eigenvalue weighted by Gasteiger charge is -2.19. The lowest BCUT2D eigenvalue weighted by Crippen LogP contribution is -2.38. The van der Waals surface area contributed by atoms with Crippen LogP contribution < -0.4 is 10.6 Å². The molecule has 0 radical (unpaired) electrons. The van der Waals surface area contributed by atoms with Crippen molar-refractivity contribution in [2.45, 2.75) is 40.0 Å². The van der Waals surface area contributed by atoms with Gasteiger partial charge in [0.05, 0.1) is 0 Å². The minimum Gasteiger partial charge on any atom is -0.357 e. The molecular weight excluding hydrogens is 334 g/mol. The quantitative estimate of drug-likeness (QED) is 0.417. The van der Waals surface area contributed by atoms with E-state index in [4.69, 9.17) is 4.99 Å². The van der Waals surface area contributed by atoms with E-state index in [1.54, 1.807) is 0 Å². The Morgan fingerprint density at radius 2 is 1.81 bits per heavy atom. The van der Waals surface area contributed by atoms with E-state index in [0.29, 0.717) is 0 Å². The Bertz CT molecular complexity index is 564. The zero-order valence-corrected chi connectivity index (χ0v) is 17.9. The number of nitrogens with zero attached hydrogens (tertiary/aromatic N) is 3. The van der Waals surface area contributed by atoms with Crippen LogP contribution in [0.4, 0.5) is 0 Å². The molecule has 1 heterocycles. The van der Waals surface area contributed by atoms with Crippen LogP contribution in [0.5, 0.6) is 0 Å². The molecule has 0 spiro atoms. The topological polar surface area (TPSA) is 42.9 Å². The van der Waals surface area contributed by atoms with Crippen LogP contribution in [0, 0.1) is 13.8 Å². The summed E-state index contributed by atoms with van der Waals surface area (Å²) in [6.07, 6.45) is 3.42. The minimum atomic E-state index is 0.880. The number of hydrogen-bond acceptors (Lipinski definition) is 3. The maximum Gasteiger partial charge on any atom is 0.191 e. The van der Waals surface area contributed by atoms with E-state index in [9.17, 15) is 0 Å². The summed E-state index contributed by atoms with van der Waals surface area (Å²) in [4.78, 5) is 9.77. The van der Waals surface area contributed by atoms with Crippen molar-refractivity contribution >= 4 is 5.96 Å². The lowest BCUT2D eigenvalue weighted by molar-refractivity contribution is 0.275. The van der Waals surface area contributed by atoms with Crippen molar-refractivity contribution in [2.75, 3.05) is 59.4 Å². The van der Waals surface area contributed by atoms with Crippen LogP contribution in [-0.4, -0.2) is 75.2 Å². The van der Waals surface area contributed by atoms with Gasteiger partial charge < -0.3 is 20.4 Å². The van der Waals surface area contributed by atoms with Crippen molar-refractivity contribution in [3.63, 3.8) is 0 Å². The van der Waals surface area contributed by atoms with E-state index in [1.807, 2.05) is 0 Å². The Hall–Kier alpha value is -1.59. The number of rotatable bonds is 8. The Morgan fingerprint density at radius 3 is 2.56 bits per heavy atom. The maximum atomic E-state index is 4.76. The Morgan fingerprint density at radius 1 is 1.04 bits per heavy atom. The summed E-state index contributed by atoms with van der Waals surface area (Å²) in [7, 11) is 2.22. The fourth-order valence-corrected chi connectivity index (χ4v) is 3.69. The molecule has 1 aliphatic rings. The second kappa shape index (κ2) is 12.0. The molecule has 5 nitrogen and oxygen atoms in total. The molecule has 0 bridgehead atoms. The third kappa shape index (κ3) is 8.76. The van der Waals surface area contributed by atoms with Crippen molar-refractivity contribution in [3.8, 4) is 0 Å². The van der Waals surface area contributed by atoms with Crippen LogP contribution >= 0.6 is 0 Å². The molecule has 1 fully saturated rings. The van der Waals surface area contributed by atoms with E-state index in [2.05, 4.69) is 66.5 Å². The van der Waals surface area contributed by atoms with Crippen molar-refractivity contribution in [1.82, 2.24) is 20.4 Å². The first-order valence-electron chi connectivity index (χ1n) is 10.6.